The van der Waals surface area contributed by atoms with Gasteiger partial charge in [-0.3, -0.25) is 4.98 Å². The predicted molar refractivity (Wildman–Crippen MR) is 109 cm³/mol. The van der Waals surface area contributed by atoms with E-state index in [0.717, 1.165) is 33.3 Å². The summed E-state index contributed by atoms with van der Waals surface area (Å²) in [5, 5.41) is 12.7. The van der Waals surface area contributed by atoms with Gasteiger partial charge in [0, 0.05) is 11.1 Å². The average molecular weight is 368 g/mol. The van der Waals surface area contributed by atoms with Crippen LogP contribution in [0, 0.1) is 6.92 Å². The van der Waals surface area contributed by atoms with Gasteiger partial charge in [0.05, 0.1) is 16.7 Å². The minimum absolute atomic E-state index is 0.378. The van der Waals surface area contributed by atoms with E-state index in [1.165, 1.54) is 6.33 Å². The van der Waals surface area contributed by atoms with Crippen LogP contribution < -0.4 is 11.1 Å². The third-order valence-corrected chi connectivity index (χ3v) is 4.53. The van der Waals surface area contributed by atoms with Crippen molar-refractivity contribution in [2.45, 2.75) is 6.92 Å². The number of fused-ring (bicyclic) bond motifs is 2. The van der Waals surface area contributed by atoms with Crippen molar-refractivity contribution in [3.8, 4) is 5.82 Å². The number of aromatic nitrogens is 6. The summed E-state index contributed by atoms with van der Waals surface area (Å²) < 4.78 is 1.61. The summed E-state index contributed by atoms with van der Waals surface area (Å²) in [6.45, 7) is 1.96. The van der Waals surface area contributed by atoms with E-state index >= 15 is 0 Å². The molecule has 5 rings (SSSR count). The predicted octanol–water partition coefficient (Wildman–Crippen LogP) is 3.39. The zero-order valence-corrected chi connectivity index (χ0v) is 15.0. The van der Waals surface area contributed by atoms with Crippen molar-refractivity contribution in [2.75, 3.05) is 11.1 Å². The third kappa shape index (κ3) is 2.59. The monoisotopic (exact) mass is 368 g/mol. The Morgan fingerprint density at radius 1 is 0.964 bits per heavy atom. The second-order valence-corrected chi connectivity index (χ2v) is 6.40. The van der Waals surface area contributed by atoms with Crippen LogP contribution >= 0.6 is 0 Å². The molecule has 0 saturated heterocycles. The first-order valence-corrected chi connectivity index (χ1v) is 8.75. The van der Waals surface area contributed by atoms with E-state index in [-0.39, 0.29) is 0 Å². The summed E-state index contributed by atoms with van der Waals surface area (Å²) in [4.78, 5) is 13.3. The first kappa shape index (κ1) is 16.1. The lowest BCUT2D eigenvalue weighted by Crippen LogP contribution is -2.09. The number of nitrogens with two attached hydrogens (primary N) is 1. The summed E-state index contributed by atoms with van der Waals surface area (Å²) in [5.41, 5.74) is 11.0. The summed E-state index contributed by atoms with van der Waals surface area (Å²) in [6, 6.07) is 17.6. The Morgan fingerprint density at radius 2 is 1.86 bits per heavy atom. The van der Waals surface area contributed by atoms with Gasteiger partial charge in [0.1, 0.15) is 17.5 Å². The molecule has 0 amide bonds. The lowest BCUT2D eigenvalue weighted by Gasteiger charge is -2.12. The van der Waals surface area contributed by atoms with Crippen LogP contribution in [0.1, 0.15) is 5.69 Å². The van der Waals surface area contributed by atoms with Crippen LogP contribution in [-0.4, -0.2) is 29.9 Å². The molecule has 0 aliphatic heterocycles. The number of aryl methyl sites for hydroxylation is 1. The van der Waals surface area contributed by atoms with Crippen molar-refractivity contribution in [1.29, 1.82) is 0 Å². The number of benzene rings is 2. The molecule has 0 atom stereocenters. The Balaban J connectivity index is 1.62. The molecule has 0 aliphatic carbocycles. The zero-order valence-electron chi connectivity index (χ0n) is 15.0. The molecule has 8 nitrogen and oxygen atoms in total. The average Bonchev–Trinajstić information content (AvgIpc) is 3.14. The topological polar surface area (TPSA) is 107 Å². The van der Waals surface area contributed by atoms with E-state index in [2.05, 4.69) is 30.6 Å². The second-order valence-electron chi connectivity index (χ2n) is 6.40. The maximum Gasteiger partial charge on any atom is 0.184 e. The van der Waals surface area contributed by atoms with E-state index < -0.39 is 0 Å². The number of nitrogen functional groups attached to an aromatic ring is 1. The van der Waals surface area contributed by atoms with Gasteiger partial charge >= 0.3 is 0 Å². The third-order valence-electron chi connectivity index (χ3n) is 4.53. The van der Waals surface area contributed by atoms with Crippen LogP contribution in [0.15, 0.2) is 60.9 Å². The van der Waals surface area contributed by atoms with Crippen LogP contribution in [-0.2, 0) is 0 Å². The molecule has 8 heteroatoms. The molecular formula is C20H16N8. The zero-order chi connectivity index (χ0) is 19.1. The maximum atomic E-state index is 6.39. The molecule has 0 fully saturated rings. The van der Waals surface area contributed by atoms with Crippen LogP contribution in [0.5, 0.6) is 0 Å². The highest BCUT2D eigenvalue weighted by molar-refractivity contribution is 5.93. The van der Waals surface area contributed by atoms with Gasteiger partial charge in [-0.15, -0.1) is 5.10 Å². The standard InChI is InChI=1S/C20H16N8/c1-12-9-10-13-5-4-7-15(18(13)24-12)25-19-17(21)20(23-11-22-19)28-16-8-3-2-6-14(16)26-27-28/h2-11H,21H2,1H3,(H,22,23,25). The fraction of sp³-hybridized carbons (Fsp3) is 0.0500. The first-order chi connectivity index (χ1) is 13.7. The Bertz CT molecular complexity index is 1320. The number of rotatable bonds is 3. The molecule has 0 bridgehead atoms. The molecule has 0 saturated carbocycles. The molecule has 0 spiro atoms. The van der Waals surface area contributed by atoms with Gasteiger partial charge in [-0.25, -0.2) is 9.97 Å². The van der Waals surface area contributed by atoms with Gasteiger partial charge in [0.25, 0.3) is 0 Å². The van der Waals surface area contributed by atoms with E-state index in [1.807, 2.05) is 61.5 Å². The summed E-state index contributed by atoms with van der Waals surface area (Å²) in [6.07, 6.45) is 1.45. The van der Waals surface area contributed by atoms with Crippen LogP contribution in [0.3, 0.4) is 0 Å². The normalized spacial score (nSPS) is 11.2. The molecule has 0 aliphatic rings. The fourth-order valence-electron chi connectivity index (χ4n) is 3.15. The summed E-state index contributed by atoms with van der Waals surface area (Å²) in [7, 11) is 0. The first-order valence-electron chi connectivity index (χ1n) is 8.75. The van der Waals surface area contributed by atoms with E-state index in [9.17, 15) is 0 Å². The summed E-state index contributed by atoms with van der Waals surface area (Å²) in [5.74, 6) is 0.955. The molecule has 2 aromatic carbocycles. The van der Waals surface area contributed by atoms with Crippen molar-refractivity contribution in [3.63, 3.8) is 0 Å². The second kappa shape index (κ2) is 6.27. The molecule has 0 unspecified atom stereocenters. The number of nitrogens with one attached hydrogen (secondary N) is 1. The van der Waals surface area contributed by atoms with Crippen molar-refractivity contribution in [3.05, 3.63) is 66.6 Å². The number of hydrogen-bond acceptors (Lipinski definition) is 7. The molecule has 3 aromatic heterocycles. The minimum atomic E-state index is 0.378. The smallest absolute Gasteiger partial charge is 0.184 e. The number of para-hydroxylation sites is 2. The summed E-state index contributed by atoms with van der Waals surface area (Å²) >= 11 is 0. The van der Waals surface area contributed by atoms with Crippen molar-refractivity contribution in [1.82, 2.24) is 29.9 Å². The largest absolute Gasteiger partial charge is 0.393 e. The molecule has 3 heterocycles. The molecule has 28 heavy (non-hydrogen) atoms. The van der Waals surface area contributed by atoms with Gasteiger partial charge in [0.2, 0.25) is 0 Å². The molecular weight excluding hydrogens is 352 g/mol. The van der Waals surface area contributed by atoms with E-state index in [4.69, 9.17) is 5.73 Å². The van der Waals surface area contributed by atoms with Crippen LogP contribution in [0.4, 0.5) is 17.2 Å². The maximum absolute atomic E-state index is 6.39. The number of anilines is 3. The Hall–Kier alpha value is -4.07. The number of nitrogens with zero attached hydrogens (tertiary/aromatic N) is 6. The Morgan fingerprint density at radius 3 is 2.79 bits per heavy atom. The SMILES string of the molecule is Cc1ccc2cccc(Nc3ncnc(-n4nnc5ccccc54)c3N)c2n1. The number of hydrogen-bond donors (Lipinski definition) is 2. The molecule has 136 valence electrons. The van der Waals surface area contributed by atoms with Crippen molar-refractivity contribution in [2.24, 2.45) is 0 Å². The van der Waals surface area contributed by atoms with Gasteiger partial charge in [-0.1, -0.05) is 35.5 Å². The fourth-order valence-corrected chi connectivity index (χ4v) is 3.15. The minimum Gasteiger partial charge on any atom is -0.393 e. The quantitative estimate of drug-likeness (QED) is 0.502. The lowest BCUT2D eigenvalue weighted by molar-refractivity contribution is 0.800. The highest BCUT2D eigenvalue weighted by Crippen LogP contribution is 2.29. The van der Waals surface area contributed by atoms with Crippen LogP contribution in [0.2, 0.25) is 0 Å². The Labute approximate surface area is 160 Å². The van der Waals surface area contributed by atoms with Crippen molar-refractivity contribution < 1.29 is 0 Å². The van der Waals surface area contributed by atoms with Crippen molar-refractivity contribution >= 4 is 39.1 Å². The lowest BCUT2D eigenvalue weighted by atomic mass is 10.1. The van der Waals surface area contributed by atoms with Crippen LogP contribution in [0.25, 0.3) is 27.8 Å². The highest BCUT2D eigenvalue weighted by atomic mass is 15.4. The number of pyridine rings is 1. The molecule has 5 aromatic rings. The molecule has 3 N–H and O–H groups in total. The van der Waals surface area contributed by atoms with Gasteiger partial charge in [-0.05, 0) is 31.2 Å². The molecule has 0 radical (unpaired) electrons. The van der Waals surface area contributed by atoms with Gasteiger partial charge < -0.3 is 11.1 Å². The van der Waals surface area contributed by atoms with Gasteiger partial charge in [-0.2, -0.15) is 4.68 Å². The van der Waals surface area contributed by atoms with E-state index in [0.29, 0.717) is 17.3 Å². The van der Waals surface area contributed by atoms with E-state index in [1.54, 1.807) is 4.68 Å². The van der Waals surface area contributed by atoms with Gasteiger partial charge in [0.15, 0.2) is 11.6 Å². The highest BCUT2D eigenvalue weighted by Gasteiger charge is 2.15. The Kier molecular flexibility index (Phi) is 3.61.